The molecule has 0 radical (unpaired) electrons. The van der Waals surface area contributed by atoms with Crippen molar-refractivity contribution in [3.05, 3.63) is 35.4 Å². The van der Waals surface area contributed by atoms with Crippen LogP contribution in [0.3, 0.4) is 0 Å². The van der Waals surface area contributed by atoms with Gasteiger partial charge in [-0.05, 0) is 49.6 Å². The molecule has 2 heteroatoms. The topological polar surface area (TPSA) is 33.0 Å². The molecule has 0 bridgehead atoms. The summed E-state index contributed by atoms with van der Waals surface area (Å²) in [7, 11) is 0. The largest absolute Gasteiger partial charge is 0.494 e. The highest BCUT2D eigenvalue weighted by molar-refractivity contribution is 5.77. The quantitative estimate of drug-likeness (QED) is 0.703. The Balaban J connectivity index is 3.20. The first-order chi connectivity index (χ1) is 7.10. The second-order valence-electron chi connectivity index (χ2n) is 3.46. The van der Waals surface area contributed by atoms with Gasteiger partial charge in [0.15, 0.2) is 0 Å². The van der Waals surface area contributed by atoms with Crippen LogP contribution in [0.5, 0.6) is 5.75 Å². The smallest absolute Gasteiger partial charge is 0.122 e. The maximum absolute atomic E-state index is 8.80. The van der Waals surface area contributed by atoms with Crippen molar-refractivity contribution in [2.75, 3.05) is 6.61 Å². The fourth-order valence-corrected chi connectivity index (χ4v) is 1.49. The van der Waals surface area contributed by atoms with Crippen molar-refractivity contribution in [2.45, 2.75) is 20.8 Å². The summed E-state index contributed by atoms with van der Waals surface area (Å²) in [5.74, 6) is 0.879. The molecule has 1 aromatic carbocycles. The third-order valence-electron chi connectivity index (χ3n) is 2.28. The van der Waals surface area contributed by atoms with E-state index < -0.39 is 0 Å². The van der Waals surface area contributed by atoms with Gasteiger partial charge in [0, 0.05) is 0 Å². The third kappa shape index (κ3) is 2.38. The number of ether oxygens (including phenoxy) is 1. The van der Waals surface area contributed by atoms with Crippen LogP contribution in [0, 0.1) is 25.2 Å². The number of hydrogen-bond donors (Lipinski definition) is 0. The third-order valence-corrected chi connectivity index (χ3v) is 2.28. The summed E-state index contributed by atoms with van der Waals surface area (Å²) >= 11 is 0. The van der Waals surface area contributed by atoms with Crippen molar-refractivity contribution in [3.63, 3.8) is 0 Å². The molecule has 1 rings (SSSR count). The molecule has 15 heavy (non-hydrogen) atoms. The lowest BCUT2D eigenvalue weighted by Crippen LogP contribution is -1.96. The highest BCUT2D eigenvalue weighted by Gasteiger charge is 2.07. The van der Waals surface area contributed by atoms with Gasteiger partial charge in [0.25, 0.3) is 0 Å². The number of benzene rings is 1. The zero-order valence-corrected chi connectivity index (χ0v) is 9.42. The highest BCUT2D eigenvalue weighted by Crippen LogP contribution is 2.26. The molecule has 0 fully saturated rings. The van der Waals surface area contributed by atoms with E-state index in [1.807, 2.05) is 32.9 Å². The van der Waals surface area contributed by atoms with E-state index in [9.17, 15) is 0 Å². The zero-order valence-electron chi connectivity index (χ0n) is 9.42. The number of allylic oxidation sites excluding steroid dienone is 1. The lowest BCUT2D eigenvalue weighted by molar-refractivity contribution is 0.337. The van der Waals surface area contributed by atoms with Gasteiger partial charge in [-0.1, -0.05) is 6.58 Å². The van der Waals surface area contributed by atoms with Gasteiger partial charge in [0.1, 0.15) is 5.75 Å². The number of aryl methyl sites for hydroxylation is 2. The number of nitrogens with zero attached hydrogens (tertiary/aromatic N) is 1. The van der Waals surface area contributed by atoms with Gasteiger partial charge in [-0.25, -0.2) is 0 Å². The van der Waals surface area contributed by atoms with Crippen LogP contribution < -0.4 is 4.74 Å². The van der Waals surface area contributed by atoms with Crippen molar-refractivity contribution in [2.24, 2.45) is 0 Å². The molecular weight excluding hydrogens is 186 g/mol. The maximum atomic E-state index is 8.80. The van der Waals surface area contributed by atoms with Gasteiger partial charge in [-0.15, -0.1) is 0 Å². The van der Waals surface area contributed by atoms with Crippen LogP contribution in [-0.2, 0) is 0 Å². The molecule has 0 spiro atoms. The van der Waals surface area contributed by atoms with E-state index in [4.69, 9.17) is 10.00 Å². The molecule has 0 amide bonds. The fourth-order valence-electron chi connectivity index (χ4n) is 1.49. The fraction of sp³-hybridized carbons (Fsp3) is 0.308. The first kappa shape index (κ1) is 11.3. The molecule has 78 valence electrons. The SMILES string of the molecule is C=C(C#N)c1cc(C)c(OCC)cc1C. The van der Waals surface area contributed by atoms with Crippen LogP contribution in [0.4, 0.5) is 0 Å². The molecule has 0 aliphatic rings. The maximum Gasteiger partial charge on any atom is 0.122 e. The van der Waals surface area contributed by atoms with Gasteiger partial charge in [-0.3, -0.25) is 0 Å². The lowest BCUT2D eigenvalue weighted by atomic mass is 9.99. The average molecular weight is 201 g/mol. The van der Waals surface area contributed by atoms with Crippen LogP contribution >= 0.6 is 0 Å². The summed E-state index contributed by atoms with van der Waals surface area (Å²) in [6.07, 6.45) is 0. The van der Waals surface area contributed by atoms with E-state index in [0.29, 0.717) is 12.2 Å². The normalized spacial score (nSPS) is 9.47. The minimum absolute atomic E-state index is 0.499. The molecule has 0 aliphatic heterocycles. The molecular formula is C13H15NO. The summed E-state index contributed by atoms with van der Waals surface area (Å²) < 4.78 is 5.47. The van der Waals surface area contributed by atoms with Gasteiger partial charge in [0.2, 0.25) is 0 Å². The van der Waals surface area contributed by atoms with E-state index in [0.717, 1.165) is 22.4 Å². The van der Waals surface area contributed by atoms with Crippen molar-refractivity contribution < 1.29 is 4.74 Å². The van der Waals surface area contributed by atoms with E-state index in [1.54, 1.807) is 0 Å². The predicted molar refractivity (Wildman–Crippen MR) is 61.7 cm³/mol. The zero-order chi connectivity index (χ0) is 11.4. The predicted octanol–water partition coefficient (Wildman–Crippen LogP) is 3.24. The Hall–Kier alpha value is -1.75. The van der Waals surface area contributed by atoms with Crippen molar-refractivity contribution in [1.82, 2.24) is 0 Å². The second kappa shape index (κ2) is 4.65. The summed E-state index contributed by atoms with van der Waals surface area (Å²) in [4.78, 5) is 0. The Bertz CT molecular complexity index is 427. The van der Waals surface area contributed by atoms with E-state index in [2.05, 4.69) is 12.6 Å². The second-order valence-corrected chi connectivity index (χ2v) is 3.46. The van der Waals surface area contributed by atoms with Crippen LogP contribution in [0.25, 0.3) is 5.57 Å². The van der Waals surface area contributed by atoms with Gasteiger partial charge >= 0.3 is 0 Å². The number of rotatable bonds is 3. The summed E-state index contributed by atoms with van der Waals surface area (Å²) in [5, 5.41) is 8.80. The molecule has 0 saturated carbocycles. The van der Waals surface area contributed by atoms with Gasteiger partial charge in [0.05, 0.1) is 18.2 Å². The molecule has 0 N–H and O–H groups in total. The molecule has 0 aromatic heterocycles. The number of nitriles is 1. The Morgan fingerprint density at radius 3 is 2.60 bits per heavy atom. The molecule has 2 nitrogen and oxygen atoms in total. The molecule has 0 atom stereocenters. The highest BCUT2D eigenvalue weighted by atomic mass is 16.5. The Morgan fingerprint density at radius 2 is 2.07 bits per heavy atom. The van der Waals surface area contributed by atoms with Crippen molar-refractivity contribution in [3.8, 4) is 11.8 Å². The summed E-state index contributed by atoms with van der Waals surface area (Å²) in [5.41, 5.74) is 3.46. The molecule has 0 saturated heterocycles. The van der Waals surface area contributed by atoms with E-state index >= 15 is 0 Å². The standard InChI is InChI=1S/C13H15NO/c1-5-15-13-7-9(2)12(6-10(13)3)11(4)8-14/h6-7H,4-5H2,1-3H3. The van der Waals surface area contributed by atoms with E-state index in [1.165, 1.54) is 0 Å². The minimum atomic E-state index is 0.499. The average Bonchev–Trinajstić information content (AvgIpc) is 2.22. The Morgan fingerprint density at radius 1 is 1.40 bits per heavy atom. The summed E-state index contributed by atoms with van der Waals surface area (Å²) in [6, 6.07) is 5.97. The van der Waals surface area contributed by atoms with Gasteiger partial charge < -0.3 is 4.74 Å². The summed E-state index contributed by atoms with van der Waals surface area (Å²) in [6.45, 7) is 10.3. The van der Waals surface area contributed by atoms with Crippen molar-refractivity contribution in [1.29, 1.82) is 5.26 Å². The Labute approximate surface area is 90.8 Å². The van der Waals surface area contributed by atoms with Crippen LogP contribution in [0.2, 0.25) is 0 Å². The monoisotopic (exact) mass is 201 g/mol. The van der Waals surface area contributed by atoms with Gasteiger partial charge in [-0.2, -0.15) is 5.26 Å². The van der Waals surface area contributed by atoms with Crippen LogP contribution in [-0.4, -0.2) is 6.61 Å². The Kier molecular flexibility index (Phi) is 3.51. The van der Waals surface area contributed by atoms with E-state index in [-0.39, 0.29) is 0 Å². The molecule has 0 aliphatic carbocycles. The van der Waals surface area contributed by atoms with Crippen molar-refractivity contribution >= 4 is 5.57 Å². The van der Waals surface area contributed by atoms with Crippen LogP contribution in [0.1, 0.15) is 23.6 Å². The number of hydrogen-bond acceptors (Lipinski definition) is 2. The lowest BCUT2D eigenvalue weighted by Gasteiger charge is -2.11. The molecule has 0 heterocycles. The molecule has 1 aromatic rings. The minimum Gasteiger partial charge on any atom is -0.494 e. The molecule has 0 unspecified atom stereocenters. The first-order valence-corrected chi connectivity index (χ1v) is 4.93. The first-order valence-electron chi connectivity index (χ1n) is 4.93. The van der Waals surface area contributed by atoms with Crippen LogP contribution in [0.15, 0.2) is 18.7 Å².